The molecule has 4 rings (SSSR count). The number of hydrogen-bond donors (Lipinski definition) is 0. The van der Waals surface area contributed by atoms with Crippen LogP contribution in [0.25, 0.3) is 0 Å². The van der Waals surface area contributed by atoms with Crippen molar-refractivity contribution in [3.05, 3.63) is 0 Å². The van der Waals surface area contributed by atoms with E-state index in [0.717, 1.165) is 38.0 Å². The minimum atomic E-state index is 0.612. The van der Waals surface area contributed by atoms with Gasteiger partial charge in [0.25, 0.3) is 0 Å². The normalized spacial score (nSPS) is 69.1. The molecule has 2 aliphatic heterocycles. The average molecular weight is 380 g/mol. The minimum absolute atomic E-state index is 0.612. The fourth-order valence-electron chi connectivity index (χ4n) is 3.94. The second-order valence-electron chi connectivity index (χ2n) is 5.99. The van der Waals surface area contributed by atoms with Crippen molar-refractivity contribution >= 4 is 0 Å². The van der Waals surface area contributed by atoms with Crippen LogP contribution in [0.1, 0.15) is 26.2 Å². The second kappa shape index (κ2) is 2.57. The van der Waals surface area contributed by atoms with Gasteiger partial charge in [0.05, 0.1) is 0 Å². The Morgan fingerprint density at radius 3 is 2.93 bits per heavy atom. The summed E-state index contributed by atoms with van der Waals surface area (Å²) in [7, 11) is 0. The summed E-state index contributed by atoms with van der Waals surface area (Å²) in [6.45, 7) is 2.47. The fraction of sp³-hybridized carbons (Fsp3) is 1.00. The molecule has 2 saturated carbocycles. The predicted octanol–water partition coefficient (Wildman–Crippen LogP) is 1.68. The molecule has 2 heterocycles. The summed E-state index contributed by atoms with van der Waals surface area (Å²) in [6.07, 6.45) is 6.68. The Morgan fingerprint density at radius 2 is 2.07 bits per heavy atom. The molecule has 0 aromatic heterocycles. The maximum absolute atomic E-state index is 5.84. The third-order valence-corrected chi connectivity index (χ3v) is 7.37. The summed E-state index contributed by atoms with van der Waals surface area (Å²) in [5.41, 5.74) is 0. The van der Waals surface area contributed by atoms with Crippen LogP contribution in [-0.4, -0.2) is 24.4 Å². The van der Waals surface area contributed by atoms with Gasteiger partial charge in [-0.2, -0.15) is 0 Å². The predicted molar refractivity (Wildman–Crippen MR) is 46.5 cm³/mol. The van der Waals surface area contributed by atoms with E-state index in [-0.39, 0.29) is 0 Å². The molecule has 0 radical (unpaired) electrons. The van der Waals surface area contributed by atoms with Crippen LogP contribution in [-0.2, 0) is 35.6 Å². The Kier molecular flexibility index (Phi) is 1.64. The van der Waals surface area contributed by atoms with Crippen molar-refractivity contribution in [3.8, 4) is 0 Å². The SMILES string of the molecule is C[C]1([Hg])CC2CC3OC3C2CC2OC21. The monoisotopic (exact) mass is 381 g/mol. The Morgan fingerprint density at radius 1 is 1.21 bits per heavy atom. The standard InChI is InChI=1S/C11H15O2.Hg/c1-5-2-6-3-8-11(13-8)7(6)4-9-10(5)12-9;/h6-11H,2-4H2,1H3;. The first kappa shape index (κ1) is 8.94. The molecule has 0 aromatic rings. The maximum atomic E-state index is 5.84. The van der Waals surface area contributed by atoms with Gasteiger partial charge in [0.2, 0.25) is 0 Å². The zero-order chi connectivity index (χ0) is 9.50. The number of ether oxygens (including phenoxy) is 2. The van der Waals surface area contributed by atoms with Crippen molar-refractivity contribution < 1.29 is 35.6 Å². The number of rotatable bonds is 0. The molecule has 7 atom stereocenters. The molecular formula is C11H15HgO2. The Hall–Kier alpha value is 0.855. The van der Waals surface area contributed by atoms with Gasteiger partial charge in [0, 0.05) is 0 Å². The second-order valence-corrected chi connectivity index (χ2v) is 12.3. The zero-order valence-corrected chi connectivity index (χ0v) is 14.1. The van der Waals surface area contributed by atoms with Crippen LogP contribution in [0.2, 0.25) is 2.92 Å². The topological polar surface area (TPSA) is 25.1 Å². The van der Waals surface area contributed by atoms with Crippen LogP contribution in [0, 0.1) is 11.8 Å². The first-order valence-electron chi connectivity index (χ1n) is 5.81. The molecule has 0 aromatic carbocycles. The van der Waals surface area contributed by atoms with E-state index >= 15 is 0 Å². The quantitative estimate of drug-likeness (QED) is 0.472. The number of fused-ring (bicyclic) bond motifs is 4. The van der Waals surface area contributed by atoms with Crippen LogP contribution in [0.3, 0.4) is 0 Å². The van der Waals surface area contributed by atoms with E-state index in [1.807, 2.05) is 0 Å². The molecule has 0 spiro atoms. The molecule has 7 unspecified atom stereocenters. The van der Waals surface area contributed by atoms with E-state index < -0.39 is 0 Å². The summed E-state index contributed by atoms with van der Waals surface area (Å²) in [4.78, 5) is 0. The van der Waals surface area contributed by atoms with E-state index in [4.69, 9.17) is 9.47 Å². The molecule has 2 aliphatic carbocycles. The third-order valence-electron chi connectivity index (χ3n) is 4.69. The molecule has 3 heteroatoms. The van der Waals surface area contributed by atoms with E-state index in [0.29, 0.717) is 27.3 Å². The summed E-state index contributed by atoms with van der Waals surface area (Å²) in [6, 6.07) is 0. The van der Waals surface area contributed by atoms with Crippen molar-refractivity contribution in [3.63, 3.8) is 0 Å². The average Bonchev–Trinajstić information content (AvgIpc) is 2.89. The molecule has 73 valence electrons. The van der Waals surface area contributed by atoms with Crippen molar-refractivity contribution in [2.24, 2.45) is 11.8 Å². The number of hydrogen-bond acceptors (Lipinski definition) is 2. The van der Waals surface area contributed by atoms with Gasteiger partial charge >= 0.3 is 101 Å². The summed E-state index contributed by atoms with van der Waals surface area (Å²) in [5.74, 6) is 1.85. The Labute approximate surface area is 101 Å². The first-order chi connectivity index (χ1) is 6.65. The molecular weight excluding hydrogens is 365 g/mol. The fourth-order valence-corrected chi connectivity index (χ4v) is 6.78. The van der Waals surface area contributed by atoms with Crippen LogP contribution >= 0.6 is 0 Å². The molecule has 0 amide bonds. The molecule has 14 heavy (non-hydrogen) atoms. The first-order valence-corrected chi connectivity index (χ1v) is 8.56. The molecule has 0 bridgehead atoms. The van der Waals surface area contributed by atoms with Crippen molar-refractivity contribution in [2.45, 2.75) is 53.5 Å². The van der Waals surface area contributed by atoms with Gasteiger partial charge in [-0.25, -0.2) is 0 Å². The van der Waals surface area contributed by atoms with Crippen LogP contribution in [0.4, 0.5) is 0 Å². The molecule has 2 nitrogen and oxygen atoms in total. The molecule has 4 fully saturated rings. The van der Waals surface area contributed by atoms with Crippen molar-refractivity contribution in [1.82, 2.24) is 0 Å². The molecule has 4 aliphatic rings. The van der Waals surface area contributed by atoms with Gasteiger partial charge in [0.1, 0.15) is 0 Å². The third kappa shape index (κ3) is 1.14. The Balaban J connectivity index is 1.64. The number of epoxide rings is 2. The Bertz CT molecular complexity index is 291. The van der Waals surface area contributed by atoms with Gasteiger partial charge in [-0.15, -0.1) is 0 Å². The molecule has 0 N–H and O–H groups in total. The van der Waals surface area contributed by atoms with Crippen LogP contribution in [0.15, 0.2) is 0 Å². The summed E-state index contributed by atoms with van der Waals surface area (Å²) < 4.78 is 12.1. The van der Waals surface area contributed by atoms with Gasteiger partial charge in [0.15, 0.2) is 0 Å². The van der Waals surface area contributed by atoms with E-state index in [2.05, 4.69) is 6.92 Å². The van der Waals surface area contributed by atoms with Crippen molar-refractivity contribution in [2.75, 3.05) is 0 Å². The van der Waals surface area contributed by atoms with Gasteiger partial charge in [-0.1, -0.05) is 0 Å². The van der Waals surface area contributed by atoms with Gasteiger partial charge in [-0.3, -0.25) is 0 Å². The summed E-state index contributed by atoms with van der Waals surface area (Å²) >= 11 is 0.850. The van der Waals surface area contributed by atoms with Crippen molar-refractivity contribution in [1.29, 1.82) is 0 Å². The van der Waals surface area contributed by atoms with Crippen LogP contribution < -0.4 is 0 Å². The van der Waals surface area contributed by atoms with E-state index in [1.165, 1.54) is 19.3 Å². The van der Waals surface area contributed by atoms with E-state index in [9.17, 15) is 0 Å². The molecule has 2 saturated heterocycles. The summed E-state index contributed by atoms with van der Waals surface area (Å²) in [5, 5.41) is 0. The van der Waals surface area contributed by atoms with Gasteiger partial charge < -0.3 is 0 Å². The zero-order valence-electron chi connectivity index (χ0n) is 8.61. The van der Waals surface area contributed by atoms with Gasteiger partial charge in [-0.05, 0) is 0 Å². The van der Waals surface area contributed by atoms with E-state index in [1.54, 1.807) is 0 Å². The van der Waals surface area contributed by atoms with Crippen LogP contribution in [0.5, 0.6) is 0 Å².